The molecule has 1 aliphatic heterocycles. The Bertz CT molecular complexity index is 439. The van der Waals surface area contributed by atoms with Crippen LogP contribution in [0.25, 0.3) is 0 Å². The lowest BCUT2D eigenvalue weighted by Crippen LogP contribution is -2.57. The topological polar surface area (TPSA) is 90.4 Å². The summed E-state index contributed by atoms with van der Waals surface area (Å²) in [5.74, 6) is 0.462. The fourth-order valence-corrected chi connectivity index (χ4v) is 4.14. The number of nitrogens with zero attached hydrogens (tertiary/aromatic N) is 2. The summed E-state index contributed by atoms with van der Waals surface area (Å²) in [4.78, 5) is 14.5. The molecule has 1 saturated heterocycles. The van der Waals surface area contributed by atoms with E-state index in [1.54, 1.807) is 4.90 Å². The number of hydrogen-bond acceptors (Lipinski definition) is 4. The number of rotatable bonds is 3. The number of fused-ring (bicyclic) bond motifs is 1. The summed E-state index contributed by atoms with van der Waals surface area (Å²) in [5, 5.41) is 19.0. The van der Waals surface area contributed by atoms with E-state index in [2.05, 4.69) is 6.07 Å². The van der Waals surface area contributed by atoms with Crippen LogP contribution in [-0.2, 0) is 4.79 Å². The van der Waals surface area contributed by atoms with Crippen molar-refractivity contribution in [1.82, 2.24) is 4.90 Å². The first kappa shape index (κ1) is 13.8. The Balaban J connectivity index is 1.79. The Morgan fingerprint density at radius 3 is 2.75 bits per heavy atom. The van der Waals surface area contributed by atoms with Crippen LogP contribution in [0.4, 0.5) is 0 Å². The fourth-order valence-electron chi connectivity index (χ4n) is 4.14. The molecule has 3 N–H and O–H groups in total. The molecule has 3 fully saturated rings. The molecule has 5 nitrogen and oxygen atoms in total. The van der Waals surface area contributed by atoms with E-state index < -0.39 is 11.5 Å². The molecule has 5 heteroatoms. The summed E-state index contributed by atoms with van der Waals surface area (Å²) in [6.07, 6.45) is 6.51. The maximum absolute atomic E-state index is 12.8. The average Bonchev–Trinajstić information content (AvgIpc) is 3.11. The largest absolute Gasteiger partial charge is 0.396 e. The molecule has 0 aromatic rings. The van der Waals surface area contributed by atoms with Crippen LogP contribution in [0.15, 0.2) is 0 Å². The Kier molecular flexibility index (Phi) is 3.47. The number of carbonyl (C=O) groups is 1. The number of piperidine rings is 1. The first-order chi connectivity index (χ1) is 9.63. The van der Waals surface area contributed by atoms with Crippen LogP contribution in [0.2, 0.25) is 0 Å². The fraction of sp³-hybridized carbons (Fsp3) is 0.867. The minimum Gasteiger partial charge on any atom is -0.396 e. The lowest BCUT2D eigenvalue weighted by molar-refractivity contribution is -0.140. The normalized spacial score (nSPS) is 36.0. The molecule has 1 amide bonds. The molecule has 0 aromatic heterocycles. The third kappa shape index (κ3) is 2.02. The molecule has 4 atom stereocenters. The molecule has 0 radical (unpaired) electrons. The maximum atomic E-state index is 12.8. The van der Waals surface area contributed by atoms with Gasteiger partial charge in [-0.15, -0.1) is 0 Å². The van der Waals surface area contributed by atoms with Gasteiger partial charge in [0.05, 0.1) is 18.7 Å². The van der Waals surface area contributed by atoms with Gasteiger partial charge in [0.15, 0.2) is 0 Å². The van der Waals surface area contributed by atoms with Crippen LogP contribution in [0.5, 0.6) is 0 Å². The number of aliphatic hydroxyl groups is 1. The van der Waals surface area contributed by atoms with Gasteiger partial charge in [0, 0.05) is 11.5 Å². The van der Waals surface area contributed by atoms with E-state index in [1.807, 2.05) is 0 Å². The summed E-state index contributed by atoms with van der Waals surface area (Å²) in [5.41, 5.74) is 5.78. The molecular formula is C15H23N3O2. The minimum absolute atomic E-state index is 0.0287. The summed E-state index contributed by atoms with van der Waals surface area (Å²) >= 11 is 0. The third-order valence-electron chi connectivity index (χ3n) is 5.63. The SMILES string of the molecule is N#CC1CCC2CC2N1C(=O)C(N)C1(CO)CCCC1. The third-order valence-corrected chi connectivity index (χ3v) is 5.63. The van der Waals surface area contributed by atoms with Gasteiger partial charge < -0.3 is 15.7 Å². The second kappa shape index (κ2) is 5.01. The molecule has 0 aromatic carbocycles. The number of amides is 1. The van der Waals surface area contributed by atoms with Crippen molar-refractivity contribution in [2.24, 2.45) is 17.1 Å². The van der Waals surface area contributed by atoms with E-state index in [9.17, 15) is 15.2 Å². The Morgan fingerprint density at radius 1 is 1.45 bits per heavy atom. The predicted octanol–water partition coefficient (Wildman–Crippen LogP) is 0.769. The van der Waals surface area contributed by atoms with Crippen molar-refractivity contribution in [3.63, 3.8) is 0 Å². The van der Waals surface area contributed by atoms with Gasteiger partial charge in [-0.1, -0.05) is 12.8 Å². The predicted molar refractivity (Wildman–Crippen MR) is 73.3 cm³/mol. The lowest BCUT2D eigenvalue weighted by atomic mass is 9.78. The number of nitrogens with two attached hydrogens (primary N) is 1. The van der Waals surface area contributed by atoms with Gasteiger partial charge in [0.1, 0.15) is 6.04 Å². The average molecular weight is 277 g/mol. The van der Waals surface area contributed by atoms with Gasteiger partial charge in [-0.2, -0.15) is 5.26 Å². The number of nitriles is 1. The zero-order chi connectivity index (χ0) is 14.3. The molecule has 1 heterocycles. The molecule has 2 aliphatic carbocycles. The van der Waals surface area contributed by atoms with Crippen molar-refractivity contribution >= 4 is 5.91 Å². The number of aliphatic hydroxyl groups excluding tert-OH is 1. The first-order valence-corrected chi connectivity index (χ1v) is 7.71. The van der Waals surface area contributed by atoms with Gasteiger partial charge in [-0.25, -0.2) is 0 Å². The van der Waals surface area contributed by atoms with Crippen LogP contribution in [0.3, 0.4) is 0 Å². The molecule has 3 rings (SSSR count). The van der Waals surface area contributed by atoms with E-state index >= 15 is 0 Å². The van der Waals surface area contributed by atoms with Crippen LogP contribution in [0.1, 0.15) is 44.9 Å². The van der Waals surface area contributed by atoms with Crippen molar-refractivity contribution in [3.8, 4) is 6.07 Å². The van der Waals surface area contributed by atoms with E-state index in [0.717, 1.165) is 44.9 Å². The Hall–Kier alpha value is -1.12. The Labute approximate surface area is 119 Å². The lowest BCUT2D eigenvalue weighted by Gasteiger charge is -2.39. The highest BCUT2D eigenvalue weighted by Crippen LogP contribution is 2.47. The van der Waals surface area contributed by atoms with Crippen molar-refractivity contribution in [2.45, 2.75) is 63.1 Å². The summed E-state index contributed by atoms with van der Waals surface area (Å²) in [6, 6.07) is 1.49. The molecule has 0 spiro atoms. The molecule has 0 bridgehead atoms. The molecule has 3 aliphatic rings. The summed E-state index contributed by atoms with van der Waals surface area (Å²) < 4.78 is 0. The Morgan fingerprint density at radius 2 is 2.15 bits per heavy atom. The zero-order valence-electron chi connectivity index (χ0n) is 11.8. The maximum Gasteiger partial charge on any atom is 0.241 e. The monoisotopic (exact) mass is 277 g/mol. The van der Waals surface area contributed by atoms with E-state index in [-0.39, 0.29) is 24.6 Å². The quantitative estimate of drug-likeness (QED) is 0.797. The van der Waals surface area contributed by atoms with Crippen molar-refractivity contribution < 1.29 is 9.90 Å². The van der Waals surface area contributed by atoms with Crippen LogP contribution < -0.4 is 5.73 Å². The molecule has 2 saturated carbocycles. The van der Waals surface area contributed by atoms with E-state index in [4.69, 9.17) is 5.73 Å². The second-order valence-electron chi connectivity index (χ2n) is 6.74. The molecular weight excluding hydrogens is 254 g/mol. The molecule has 110 valence electrons. The molecule has 20 heavy (non-hydrogen) atoms. The van der Waals surface area contributed by atoms with Gasteiger partial charge in [-0.05, 0) is 38.0 Å². The second-order valence-corrected chi connectivity index (χ2v) is 6.74. The highest BCUT2D eigenvalue weighted by molar-refractivity contribution is 5.84. The highest BCUT2D eigenvalue weighted by atomic mass is 16.3. The van der Waals surface area contributed by atoms with Gasteiger partial charge in [-0.3, -0.25) is 4.79 Å². The number of carbonyl (C=O) groups excluding carboxylic acids is 1. The van der Waals surface area contributed by atoms with Crippen LogP contribution in [0, 0.1) is 22.7 Å². The summed E-state index contributed by atoms with van der Waals surface area (Å²) in [7, 11) is 0. The van der Waals surface area contributed by atoms with Crippen LogP contribution in [-0.4, -0.2) is 40.6 Å². The van der Waals surface area contributed by atoms with Crippen molar-refractivity contribution in [3.05, 3.63) is 0 Å². The van der Waals surface area contributed by atoms with Crippen LogP contribution >= 0.6 is 0 Å². The first-order valence-electron chi connectivity index (χ1n) is 7.71. The highest BCUT2D eigenvalue weighted by Gasteiger charge is 2.53. The van der Waals surface area contributed by atoms with Crippen molar-refractivity contribution in [2.75, 3.05) is 6.61 Å². The molecule has 4 unspecified atom stereocenters. The smallest absolute Gasteiger partial charge is 0.241 e. The van der Waals surface area contributed by atoms with Crippen molar-refractivity contribution in [1.29, 1.82) is 5.26 Å². The minimum atomic E-state index is -0.662. The van der Waals surface area contributed by atoms with E-state index in [1.165, 1.54) is 0 Å². The summed E-state index contributed by atoms with van der Waals surface area (Å²) in [6.45, 7) is -0.0287. The zero-order valence-corrected chi connectivity index (χ0v) is 11.8. The number of hydrogen-bond donors (Lipinski definition) is 2. The van der Waals surface area contributed by atoms with E-state index in [0.29, 0.717) is 5.92 Å². The standard InChI is InChI=1S/C15H23N3O2/c16-8-11-4-3-10-7-12(10)18(11)14(20)13(17)15(9-19)5-1-2-6-15/h10-13,19H,1-7,9,17H2. The van der Waals surface area contributed by atoms with Gasteiger partial charge in [0.25, 0.3) is 0 Å². The van der Waals surface area contributed by atoms with Gasteiger partial charge >= 0.3 is 0 Å². The van der Waals surface area contributed by atoms with Gasteiger partial charge in [0.2, 0.25) is 5.91 Å². The number of likely N-dealkylation sites (tertiary alicyclic amines) is 1.